The average Bonchev–Trinajstić information content (AvgIpc) is 3.27. The molecule has 1 aromatic carbocycles. The lowest BCUT2D eigenvalue weighted by Gasteiger charge is -2.42. The molecule has 0 radical (unpaired) electrons. The van der Waals surface area contributed by atoms with Crippen molar-refractivity contribution >= 4 is 39.2 Å². The third-order valence-electron chi connectivity index (χ3n) is 5.41. The molecule has 4 rings (SSSR count). The third kappa shape index (κ3) is 3.70. The fourth-order valence-corrected chi connectivity index (χ4v) is 5.67. The molecule has 1 aliphatic rings. The summed E-state index contributed by atoms with van der Waals surface area (Å²) in [7, 11) is 2.90. The smallest absolute Gasteiger partial charge is 0.341 e. The number of fused-ring (bicyclic) bond motifs is 2. The first-order valence-corrected chi connectivity index (χ1v) is 10.8. The van der Waals surface area contributed by atoms with Crippen molar-refractivity contribution < 1.29 is 23.5 Å². The summed E-state index contributed by atoms with van der Waals surface area (Å²) in [4.78, 5) is 26.8. The Morgan fingerprint density at radius 1 is 1.19 bits per heavy atom. The summed E-state index contributed by atoms with van der Waals surface area (Å²) in [5, 5.41) is 7.71. The number of esters is 1. The van der Waals surface area contributed by atoms with Gasteiger partial charge in [0.05, 0.1) is 19.8 Å². The number of anilines is 1. The van der Waals surface area contributed by atoms with Crippen LogP contribution in [0.4, 0.5) is 5.00 Å². The molecule has 1 aliphatic heterocycles. The second-order valence-corrected chi connectivity index (χ2v) is 9.88. The third-order valence-corrected chi connectivity index (χ3v) is 6.88. The second kappa shape index (κ2) is 7.39. The minimum atomic E-state index is -0.465. The Hall–Kier alpha value is -2.84. The molecule has 0 atom stereocenters. The van der Waals surface area contributed by atoms with E-state index in [0.717, 1.165) is 15.8 Å². The molecule has 2 N–H and O–H groups in total. The van der Waals surface area contributed by atoms with Gasteiger partial charge in [0.1, 0.15) is 5.00 Å². The van der Waals surface area contributed by atoms with Gasteiger partial charge in [-0.25, -0.2) is 4.79 Å². The molecule has 3 aromatic rings. The highest BCUT2D eigenvalue weighted by Crippen LogP contribution is 2.45. The Bertz CT molecular complexity index is 1190. The van der Waals surface area contributed by atoms with Gasteiger partial charge < -0.3 is 24.5 Å². The number of rotatable bonds is 4. The van der Waals surface area contributed by atoms with Crippen molar-refractivity contribution in [1.82, 2.24) is 5.32 Å². The molecular formula is C23H26N2O5S. The summed E-state index contributed by atoms with van der Waals surface area (Å²) in [5.41, 5.74) is 1.25. The van der Waals surface area contributed by atoms with E-state index in [-0.39, 0.29) is 16.8 Å². The summed E-state index contributed by atoms with van der Waals surface area (Å²) in [6.07, 6.45) is 0.643. The molecule has 164 valence electrons. The summed E-state index contributed by atoms with van der Waals surface area (Å²) < 4.78 is 16.1. The molecule has 3 heterocycles. The molecular weight excluding hydrogens is 416 g/mol. The molecule has 0 saturated carbocycles. The average molecular weight is 443 g/mol. The van der Waals surface area contributed by atoms with Crippen molar-refractivity contribution in [2.24, 2.45) is 0 Å². The van der Waals surface area contributed by atoms with E-state index in [1.807, 2.05) is 12.1 Å². The van der Waals surface area contributed by atoms with Gasteiger partial charge in [-0.15, -0.1) is 11.3 Å². The molecule has 0 spiro atoms. The Balaban J connectivity index is 1.76. The first-order chi connectivity index (χ1) is 14.6. The van der Waals surface area contributed by atoms with Crippen molar-refractivity contribution in [3.05, 3.63) is 46.0 Å². The topological polar surface area (TPSA) is 89.8 Å². The minimum absolute atomic E-state index is 0.138. The Labute approximate surface area is 184 Å². The fraction of sp³-hybridized carbons (Fsp3) is 0.391. The molecule has 0 aliphatic carbocycles. The van der Waals surface area contributed by atoms with Crippen LogP contribution in [0.25, 0.3) is 11.0 Å². The van der Waals surface area contributed by atoms with Gasteiger partial charge in [-0.3, -0.25) is 4.79 Å². The minimum Gasteiger partial charge on any atom is -0.493 e. The van der Waals surface area contributed by atoms with Gasteiger partial charge in [-0.05, 0) is 51.8 Å². The number of ether oxygens (including phenoxy) is 2. The van der Waals surface area contributed by atoms with E-state index in [1.54, 1.807) is 19.2 Å². The number of hydrogen-bond donors (Lipinski definition) is 2. The highest BCUT2D eigenvalue weighted by Gasteiger charge is 2.42. The molecule has 0 saturated heterocycles. The van der Waals surface area contributed by atoms with Gasteiger partial charge in [-0.1, -0.05) is 12.1 Å². The van der Waals surface area contributed by atoms with E-state index < -0.39 is 11.9 Å². The number of para-hydroxylation sites is 1. The van der Waals surface area contributed by atoms with E-state index in [4.69, 9.17) is 13.9 Å². The van der Waals surface area contributed by atoms with Gasteiger partial charge in [0.25, 0.3) is 5.91 Å². The summed E-state index contributed by atoms with van der Waals surface area (Å²) in [6, 6.07) is 7.11. The maximum absolute atomic E-state index is 13.0. The maximum atomic E-state index is 13.0. The van der Waals surface area contributed by atoms with Crippen LogP contribution in [-0.4, -0.2) is 31.6 Å². The van der Waals surface area contributed by atoms with E-state index in [1.165, 1.54) is 18.4 Å². The quantitative estimate of drug-likeness (QED) is 0.569. The Morgan fingerprint density at radius 2 is 1.94 bits per heavy atom. The second-order valence-electron chi connectivity index (χ2n) is 8.86. The van der Waals surface area contributed by atoms with E-state index in [9.17, 15) is 9.59 Å². The molecule has 8 heteroatoms. The number of methoxy groups -OCH3 is 2. The molecule has 0 unspecified atom stereocenters. The standard InChI is InChI=1S/C23H26N2O5S/c1-22(2)11-13-16(21(27)29-6)20(31-18(13)23(3,4)25-22)24-19(26)15-10-12-8-7-9-14(28-5)17(12)30-15/h7-10,25H,11H2,1-6H3,(H,24,26). The van der Waals surface area contributed by atoms with Crippen LogP contribution in [0.2, 0.25) is 0 Å². The zero-order valence-electron chi connectivity index (χ0n) is 18.5. The lowest BCUT2D eigenvalue weighted by atomic mass is 9.81. The van der Waals surface area contributed by atoms with Crippen LogP contribution in [-0.2, 0) is 16.7 Å². The highest BCUT2D eigenvalue weighted by atomic mass is 32.1. The van der Waals surface area contributed by atoms with Crippen LogP contribution in [0.3, 0.4) is 0 Å². The summed E-state index contributed by atoms with van der Waals surface area (Å²) in [6.45, 7) is 8.33. The van der Waals surface area contributed by atoms with Gasteiger partial charge in [-0.2, -0.15) is 0 Å². The van der Waals surface area contributed by atoms with Gasteiger partial charge >= 0.3 is 5.97 Å². The van der Waals surface area contributed by atoms with E-state index in [2.05, 4.69) is 38.3 Å². The molecule has 1 amide bonds. The largest absolute Gasteiger partial charge is 0.493 e. The first kappa shape index (κ1) is 21.4. The zero-order chi connectivity index (χ0) is 22.6. The van der Waals surface area contributed by atoms with Gasteiger partial charge in [0.15, 0.2) is 17.1 Å². The molecule has 0 bridgehead atoms. The van der Waals surface area contributed by atoms with Crippen LogP contribution >= 0.6 is 11.3 Å². The fourth-order valence-electron chi connectivity index (χ4n) is 4.41. The number of nitrogens with one attached hydrogen (secondary N) is 2. The SMILES string of the molecule is COC(=O)c1c(NC(=O)c2cc3cccc(OC)c3o2)sc2c1CC(C)(C)NC2(C)C. The lowest BCUT2D eigenvalue weighted by molar-refractivity contribution is 0.0600. The van der Waals surface area contributed by atoms with Crippen LogP contribution in [0.5, 0.6) is 5.75 Å². The summed E-state index contributed by atoms with van der Waals surface area (Å²) in [5.74, 6) is -0.215. The predicted octanol–water partition coefficient (Wildman–Crippen LogP) is 4.70. The van der Waals surface area contributed by atoms with Crippen molar-refractivity contribution in [3.63, 3.8) is 0 Å². The van der Waals surface area contributed by atoms with Gasteiger partial charge in [0, 0.05) is 21.3 Å². The van der Waals surface area contributed by atoms with Crippen molar-refractivity contribution in [2.45, 2.75) is 45.2 Å². The zero-order valence-corrected chi connectivity index (χ0v) is 19.3. The predicted molar refractivity (Wildman–Crippen MR) is 120 cm³/mol. The Kier molecular flexibility index (Phi) is 5.10. The van der Waals surface area contributed by atoms with E-state index >= 15 is 0 Å². The molecule has 7 nitrogen and oxygen atoms in total. The normalized spacial score (nSPS) is 16.6. The molecule has 2 aromatic heterocycles. The number of amides is 1. The van der Waals surface area contributed by atoms with E-state index in [0.29, 0.717) is 28.3 Å². The van der Waals surface area contributed by atoms with Crippen molar-refractivity contribution in [3.8, 4) is 5.75 Å². The van der Waals surface area contributed by atoms with Crippen LogP contribution < -0.4 is 15.4 Å². The van der Waals surface area contributed by atoms with Crippen molar-refractivity contribution in [1.29, 1.82) is 0 Å². The number of carbonyl (C=O) groups is 2. The number of carbonyl (C=O) groups excluding carboxylic acids is 2. The van der Waals surface area contributed by atoms with Crippen LogP contribution in [0.15, 0.2) is 28.7 Å². The monoisotopic (exact) mass is 442 g/mol. The molecule has 0 fully saturated rings. The number of furan rings is 1. The number of thiophene rings is 1. The number of hydrogen-bond acceptors (Lipinski definition) is 7. The van der Waals surface area contributed by atoms with Gasteiger partial charge in [0.2, 0.25) is 0 Å². The highest BCUT2D eigenvalue weighted by molar-refractivity contribution is 7.17. The first-order valence-electron chi connectivity index (χ1n) is 9.98. The van der Waals surface area contributed by atoms with Crippen LogP contribution in [0.1, 0.15) is 59.0 Å². The number of benzene rings is 1. The summed E-state index contributed by atoms with van der Waals surface area (Å²) >= 11 is 1.39. The van der Waals surface area contributed by atoms with Crippen molar-refractivity contribution in [2.75, 3.05) is 19.5 Å². The van der Waals surface area contributed by atoms with Crippen LogP contribution in [0, 0.1) is 0 Å². The lowest BCUT2D eigenvalue weighted by Crippen LogP contribution is -2.55. The molecule has 31 heavy (non-hydrogen) atoms. The maximum Gasteiger partial charge on any atom is 0.341 e. The Morgan fingerprint density at radius 3 is 2.61 bits per heavy atom.